The molecule has 1 amide bonds. The van der Waals surface area contributed by atoms with E-state index in [0.29, 0.717) is 15.2 Å². The summed E-state index contributed by atoms with van der Waals surface area (Å²) in [6.07, 6.45) is 0. The number of thiophene rings is 1. The van der Waals surface area contributed by atoms with Crippen molar-refractivity contribution in [2.75, 3.05) is 6.54 Å². The van der Waals surface area contributed by atoms with Gasteiger partial charge >= 0.3 is 5.97 Å². The second-order valence-corrected chi connectivity index (χ2v) is 7.97. The Balaban J connectivity index is 1.58. The molecule has 0 aliphatic carbocycles. The zero-order chi connectivity index (χ0) is 20.4. The predicted octanol–water partition coefficient (Wildman–Crippen LogP) is 3.38. The number of halogens is 2. The SMILES string of the molecule is Cc1sc2nc(COC(=O)CNC(=O)c3ccc(Cl)c(Cl)c3)[nH]c(=O)c2c1C. The molecule has 146 valence electrons. The molecule has 0 fully saturated rings. The van der Waals surface area contributed by atoms with E-state index < -0.39 is 11.9 Å². The van der Waals surface area contributed by atoms with Crippen LogP contribution in [0.5, 0.6) is 0 Å². The van der Waals surface area contributed by atoms with Crippen LogP contribution in [0.3, 0.4) is 0 Å². The van der Waals surface area contributed by atoms with Crippen LogP contribution in [0, 0.1) is 13.8 Å². The molecule has 28 heavy (non-hydrogen) atoms. The number of hydrogen-bond donors (Lipinski definition) is 2. The molecule has 2 heterocycles. The van der Waals surface area contributed by atoms with Crippen molar-refractivity contribution in [3.63, 3.8) is 0 Å². The van der Waals surface area contributed by atoms with Gasteiger partial charge in [-0.2, -0.15) is 0 Å². The van der Waals surface area contributed by atoms with Gasteiger partial charge in [0.1, 0.15) is 23.8 Å². The number of nitrogens with zero attached hydrogens (tertiary/aromatic N) is 1. The zero-order valence-corrected chi connectivity index (χ0v) is 17.2. The van der Waals surface area contributed by atoms with Gasteiger partial charge in [0.2, 0.25) is 0 Å². The van der Waals surface area contributed by atoms with Gasteiger partial charge in [0.05, 0.1) is 15.4 Å². The van der Waals surface area contributed by atoms with Crippen LogP contribution in [0.4, 0.5) is 0 Å². The fourth-order valence-electron chi connectivity index (χ4n) is 2.46. The largest absolute Gasteiger partial charge is 0.456 e. The monoisotopic (exact) mass is 439 g/mol. The molecule has 3 aromatic rings. The smallest absolute Gasteiger partial charge is 0.325 e. The minimum Gasteiger partial charge on any atom is -0.456 e. The fourth-order valence-corrected chi connectivity index (χ4v) is 3.81. The Morgan fingerprint density at radius 2 is 2.00 bits per heavy atom. The maximum Gasteiger partial charge on any atom is 0.325 e. The summed E-state index contributed by atoms with van der Waals surface area (Å²) in [4.78, 5) is 44.6. The van der Waals surface area contributed by atoms with Gasteiger partial charge in [0.15, 0.2) is 0 Å². The van der Waals surface area contributed by atoms with Crippen molar-refractivity contribution >= 4 is 56.6 Å². The molecule has 2 aromatic heterocycles. The number of benzene rings is 1. The predicted molar refractivity (Wildman–Crippen MR) is 108 cm³/mol. The minimum atomic E-state index is -0.672. The van der Waals surface area contributed by atoms with Crippen LogP contribution in [0.15, 0.2) is 23.0 Å². The molecule has 7 nitrogen and oxygen atoms in total. The molecule has 0 radical (unpaired) electrons. The number of ether oxygens (including phenoxy) is 1. The molecule has 0 saturated carbocycles. The lowest BCUT2D eigenvalue weighted by Crippen LogP contribution is -2.30. The molecule has 0 saturated heterocycles. The van der Waals surface area contributed by atoms with Crippen LogP contribution < -0.4 is 10.9 Å². The van der Waals surface area contributed by atoms with Crippen LogP contribution in [-0.4, -0.2) is 28.4 Å². The second-order valence-electron chi connectivity index (χ2n) is 5.95. The Hall–Kier alpha value is -2.42. The topological polar surface area (TPSA) is 101 Å². The van der Waals surface area contributed by atoms with Crippen LogP contribution >= 0.6 is 34.5 Å². The van der Waals surface area contributed by atoms with E-state index in [-0.39, 0.29) is 35.1 Å². The quantitative estimate of drug-likeness (QED) is 0.593. The highest BCUT2D eigenvalue weighted by Crippen LogP contribution is 2.25. The van der Waals surface area contributed by atoms with Gasteiger partial charge in [-0.25, -0.2) is 4.98 Å². The van der Waals surface area contributed by atoms with Gasteiger partial charge in [0.25, 0.3) is 11.5 Å². The van der Waals surface area contributed by atoms with Crippen LogP contribution in [0.25, 0.3) is 10.2 Å². The number of esters is 1. The lowest BCUT2D eigenvalue weighted by atomic mass is 10.2. The third kappa shape index (κ3) is 4.35. The molecular weight excluding hydrogens is 425 g/mol. The average molecular weight is 440 g/mol. The maximum absolute atomic E-state index is 12.2. The summed E-state index contributed by atoms with van der Waals surface area (Å²) >= 11 is 13.1. The van der Waals surface area contributed by atoms with Gasteiger partial charge in [-0.05, 0) is 37.6 Å². The number of rotatable bonds is 5. The highest BCUT2D eigenvalue weighted by Gasteiger charge is 2.14. The summed E-state index contributed by atoms with van der Waals surface area (Å²) in [6.45, 7) is 3.23. The number of carbonyl (C=O) groups is 2. The maximum atomic E-state index is 12.2. The number of fused-ring (bicyclic) bond motifs is 1. The Morgan fingerprint density at radius 3 is 2.71 bits per heavy atom. The molecule has 0 aliphatic rings. The fraction of sp³-hybridized carbons (Fsp3) is 0.222. The summed E-state index contributed by atoms with van der Waals surface area (Å²) in [5, 5.41) is 3.54. The Labute approximate surface area is 173 Å². The molecule has 0 aliphatic heterocycles. The lowest BCUT2D eigenvalue weighted by molar-refractivity contribution is -0.143. The van der Waals surface area contributed by atoms with Gasteiger partial charge in [-0.15, -0.1) is 11.3 Å². The van der Waals surface area contributed by atoms with Crippen molar-refractivity contribution in [1.29, 1.82) is 0 Å². The highest BCUT2D eigenvalue weighted by molar-refractivity contribution is 7.18. The van der Waals surface area contributed by atoms with E-state index in [1.807, 2.05) is 13.8 Å². The van der Waals surface area contributed by atoms with E-state index in [4.69, 9.17) is 27.9 Å². The average Bonchev–Trinajstić information content (AvgIpc) is 2.94. The molecule has 2 N–H and O–H groups in total. The Kier molecular flexibility index (Phi) is 6.02. The number of aromatic nitrogens is 2. The third-order valence-corrected chi connectivity index (χ3v) is 5.87. The summed E-state index contributed by atoms with van der Waals surface area (Å²) in [6, 6.07) is 4.38. The standard InChI is InChI=1S/C18H15Cl2N3O4S/c1-8-9(2)28-18-15(8)17(26)22-13(23-18)7-27-14(24)6-21-16(25)10-3-4-11(19)12(20)5-10/h3-5H,6-7H2,1-2H3,(H,21,25)(H,22,23,26). The van der Waals surface area contributed by atoms with Crippen LogP contribution in [-0.2, 0) is 16.1 Å². The normalized spacial score (nSPS) is 10.9. The molecule has 0 atom stereocenters. The number of hydrogen-bond acceptors (Lipinski definition) is 6. The van der Waals surface area contributed by atoms with Crippen molar-refractivity contribution in [3.05, 3.63) is 60.4 Å². The second kappa shape index (κ2) is 8.30. The van der Waals surface area contributed by atoms with E-state index in [1.54, 1.807) is 0 Å². The molecule has 3 rings (SSSR count). The first-order chi connectivity index (χ1) is 13.3. The molecule has 0 unspecified atom stereocenters. The van der Waals surface area contributed by atoms with E-state index >= 15 is 0 Å². The van der Waals surface area contributed by atoms with E-state index in [9.17, 15) is 14.4 Å². The lowest BCUT2D eigenvalue weighted by Gasteiger charge is -2.07. The number of H-pyrrole nitrogens is 1. The first kappa shape index (κ1) is 20.3. The van der Waals surface area contributed by atoms with Gasteiger partial charge in [-0.1, -0.05) is 23.2 Å². The summed E-state index contributed by atoms with van der Waals surface area (Å²) in [5.74, 6) is -0.925. The summed E-state index contributed by atoms with van der Waals surface area (Å²) < 4.78 is 5.07. The number of aromatic amines is 1. The van der Waals surface area contributed by atoms with Crippen molar-refractivity contribution in [2.45, 2.75) is 20.5 Å². The first-order valence-electron chi connectivity index (χ1n) is 8.14. The van der Waals surface area contributed by atoms with E-state index in [2.05, 4.69) is 15.3 Å². The van der Waals surface area contributed by atoms with Crippen molar-refractivity contribution in [2.24, 2.45) is 0 Å². The van der Waals surface area contributed by atoms with Crippen LogP contribution in [0.2, 0.25) is 10.0 Å². The van der Waals surface area contributed by atoms with Crippen molar-refractivity contribution < 1.29 is 14.3 Å². The molecular formula is C18H15Cl2N3O4S. The van der Waals surface area contributed by atoms with Gasteiger partial charge in [-0.3, -0.25) is 14.4 Å². The van der Waals surface area contributed by atoms with Gasteiger partial charge < -0.3 is 15.0 Å². The van der Waals surface area contributed by atoms with Crippen LogP contribution in [0.1, 0.15) is 26.6 Å². The molecule has 0 spiro atoms. The number of aryl methyl sites for hydroxylation is 2. The van der Waals surface area contributed by atoms with Gasteiger partial charge in [0, 0.05) is 10.4 Å². The van der Waals surface area contributed by atoms with Crippen molar-refractivity contribution in [3.8, 4) is 0 Å². The zero-order valence-electron chi connectivity index (χ0n) is 14.9. The van der Waals surface area contributed by atoms with Crippen molar-refractivity contribution in [1.82, 2.24) is 15.3 Å². The Morgan fingerprint density at radius 1 is 1.25 bits per heavy atom. The first-order valence-corrected chi connectivity index (χ1v) is 9.71. The highest BCUT2D eigenvalue weighted by atomic mass is 35.5. The molecule has 10 heteroatoms. The summed E-state index contributed by atoms with van der Waals surface area (Å²) in [5.41, 5.74) is 0.884. The minimum absolute atomic E-state index is 0.206. The Bertz CT molecular complexity index is 1140. The summed E-state index contributed by atoms with van der Waals surface area (Å²) in [7, 11) is 0. The van der Waals surface area contributed by atoms with E-state index in [1.165, 1.54) is 29.5 Å². The third-order valence-electron chi connectivity index (χ3n) is 4.03. The molecule has 1 aromatic carbocycles. The number of amides is 1. The number of carbonyl (C=O) groups excluding carboxylic acids is 2. The van der Waals surface area contributed by atoms with E-state index in [0.717, 1.165) is 10.4 Å². The molecule has 0 bridgehead atoms. The number of nitrogens with one attached hydrogen (secondary N) is 2.